The molecular formula is C10H22N2O. The van der Waals surface area contributed by atoms with Gasteiger partial charge in [0.1, 0.15) is 0 Å². The molecule has 0 saturated carbocycles. The minimum atomic E-state index is 0.169. The summed E-state index contributed by atoms with van der Waals surface area (Å²) in [5, 5.41) is 11.2. The number of hydrogen-bond donors (Lipinski definition) is 2. The van der Waals surface area contributed by atoms with Gasteiger partial charge in [-0.15, -0.1) is 0 Å². The van der Waals surface area contributed by atoms with Gasteiger partial charge in [0.2, 0.25) is 0 Å². The van der Waals surface area contributed by atoms with Crippen LogP contribution in [-0.4, -0.2) is 34.8 Å². The minimum absolute atomic E-state index is 0.169. The fourth-order valence-corrected chi connectivity index (χ4v) is 1.97. The van der Waals surface area contributed by atoms with E-state index in [0.29, 0.717) is 12.1 Å². The molecule has 0 aromatic heterocycles. The maximum atomic E-state index is 8.95. The Bertz CT molecular complexity index is 142. The lowest BCUT2D eigenvalue weighted by atomic mass is 10.00. The molecule has 0 radical (unpaired) electrons. The maximum Gasteiger partial charge on any atom is 0.0595 e. The van der Waals surface area contributed by atoms with Gasteiger partial charge in [0.15, 0.2) is 0 Å². The Kier molecular flexibility index (Phi) is 4.16. The second kappa shape index (κ2) is 4.94. The SMILES string of the molecule is CC(CO)NN1C(C)CCCC1C. The van der Waals surface area contributed by atoms with Crippen molar-refractivity contribution in [1.29, 1.82) is 0 Å². The van der Waals surface area contributed by atoms with E-state index in [-0.39, 0.29) is 12.6 Å². The number of aliphatic hydroxyl groups excluding tert-OH is 1. The van der Waals surface area contributed by atoms with Gasteiger partial charge in [-0.3, -0.25) is 0 Å². The third kappa shape index (κ3) is 2.93. The van der Waals surface area contributed by atoms with E-state index in [0.717, 1.165) is 0 Å². The van der Waals surface area contributed by atoms with E-state index >= 15 is 0 Å². The first kappa shape index (κ1) is 11.0. The van der Waals surface area contributed by atoms with Crippen LogP contribution in [0.3, 0.4) is 0 Å². The Balaban J connectivity index is 2.43. The van der Waals surface area contributed by atoms with E-state index in [4.69, 9.17) is 5.11 Å². The van der Waals surface area contributed by atoms with Crippen molar-refractivity contribution in [2.24, 2.45) is 0 Å². The van der Waals surface area contributed by atoms with Gasteiger partial charge in [-0.2, -0.15) is 0 Å². The summed E-state index contributed by atoms with van der Waals surface area (Å²) in [7, 11) is 0. The Morgan fingerprint density at radius 3 is 2.38 bits per heavy atom. The lowest BCUT2D eigenvalue weighted by molar-refractivity contribution is 0.0221. The predicted octanol–water partition coefficient (Wildman–Crippen LogP) is 1.13. The van der Waals surface area contributed by atoms with Crippen LogP contribution in [0, 0.1) is 0 Å². The smallest absolute Gasteiger partial charge is 0.0595 e. The molecule has 2 N–H and O–H groups in total. The molecule has 1 rings (SSSR count). The largest absolute Gasteiger partial charge is 0.395 e. The number of hydrogen-bond acceptors (Lipinski definition) is 3. The van der Waals surface area contributed by atoms with Crippen molar-refractivity contribution in [3.8, 4) is 0 Å². The zero-order valence-corrected chi connectivity index (χ0v) is 8.95. The summed E-state index contributed by atoms with van der Waals surface area (Å²) in [6.45, 7) is 6.70. The Labute approximate surface area is 81.1 Å². The molecule has 13 heavy (non-hydrogen) atoms. The zero-order chi connectivity index (χ0) is 9.84. The Hall–Kier alpha value is -0.120. The summed E-state index contributed by atoms with van der Waals surface area (Å²) >= 11 is 0. The molecule has 3 atom stereocenters. The highest BCUT2D eigenvalue weighted by molar-refractivity contribution is 4.77. The number of hydrazine groups is 1. The van der Waals surface area contributed by atoms with Gasteiger partial charge >= 0.3 is 0 Å². The van der Waals surface area contributed by atoms with Gasteiger partial charge < -0.3 is 5.11 Å². The van der Waals surface area contributed by atoms with E-state index in [2.05, 4.69) is 24.3 Å². The molecule has 0 spiro atoms. The molecule has 3 heteroatoms. The van der Waals surface area contributed by atoms with Crippen LogP contribution in [0.1, 0.15) is 40.0 Å². The number of aliphatic hydroxyl groups is 1. The van der Waals surface area contributed by atoms with Crippen LogP contribution in [0.5, 0.6) is 0 Å². The first-order valence-electron chi connectivity index (χ1n) is 5.30. The molecule has 78 valence electrons. The summed E-state index contributed by atoms with van der Waals surface area (Å²) in [6.07, 6.45) is 3.85. The molecule has 1 fully saturated rings. The fourth-order valence-electron chi connectivity index (χ4n) is 1.97. The summed E-state index contributed by atoms with van der Waals surface area (Å²) < 4.78 is 0. The summed E-state index contributed by atoms with van der Waals surface area (Å²) in [5.41, 5.74) is 3.35. The first-order chi connectivity index (χ1) is 6.15. The van der Waals surface area contributed by atoms with Crippen LogP contribution in [0.25, 0.3) is 0 Å². The van der Waals surface area contributed by atoms with Gasteiger partial charge in [-0.05, 0) is 33.6 Å². The highest BCUT2D eigenvalue weighted by Gasteiger charge is 2.25. The standard InChI is InChI=1S/C10H22N2O/c1-8(7-13)11-12-9(2)5-4-6-10(12)3/h8-11,13H,4-7H2,1-3H3. The molecule has 0 aromatic carbocycles. The van der Waals surface area contributed by atoms with E-state index in [1.54, 1.807) is 0 Å². The molecule has 1 aliphatic heterocycles. The first-order valence-corrected chi connectivity index (χ1v) is 5.30. The van der Waals surface area contributed by atoms with Crippen LogP contribution in [0.2, 0.25) is 0 Å². The summed E-state index contributed by atoms with van der Waals surface area (Å²) in [4.78, 5) is 0. The molecule has 0 aliphatic carbocycles. The highest BCUT2D eigenvalue weighted by Crippen LogP contribution is 2.20. The molecular weight excluding hydrogens is 164 g/mol. The lowest BCUT2D eigenvalue weighted by Gasteiger charge is -2.40. The number of piperidine rings is 1. The molecule has 0 aromatic rings. The van der Waals surface area contributed by atoms with Crippen LogP contribution in [0.4, 0.5) is 0 Å². The highest BCUT2D eigenvalue weighted by atomic mass is 16.3. The molecule has 0 amide bonds. The third-order valence-electron chi connectivity index (χ3n) is 2.84. The van der Waals surface area contributed by atoms with Crippen molar-refractivity contribution in [2.45, 2.75) is 58.2 Å². The van der Waals surface area contributed by atoms with Crippen molar-refractivity contribution in [3.63, 3.8) is 0 Å². The molecule has 1 aliphatic rings. The van der Waals surface area contributed by atoms with Crippen LogP contribution < -0.4 is 5.43 Å². The van der Waals surface area contributed by atoms with Gasteiger partial charge in [0.05, 0.1) is 6.61 Å². The van der Waals surface area contributed by atoms with Gasteiger partial charge in [0.25, 0.3) is 0 Å². The van der Waals surface area contributed by atoms with Crippen LogP contribution >= 0.6 is 0 Å². The van der Waals surface area contributed by atoms with E-state index < -0.39 is 0 Å². The van der Waals surface area contributed by atoms with Crippen LogP contribution in [0.15, 0.2) is 0 Å². The normalized spacial score (nSPS) is 33.2. The van der Waals surface area contributed by atoms with Crippen molar-refractivity contribution >= 4 is 0 Å². The van der Waals surface area contributed by atoms with Crippen molar-refractivity contribution < 1.29 is 5.11 Å². The quantitative estimate of drug-likeness (QED) is 0.693. The van der Waals surface area contributed by atoms with Gasteiger partial charge in [0, 0.05) is 18.1 Å². The lowest BCUT2D eigenvalue weighted by Crippen LogP contribution is -2.55. The van der Waals surface area contributed by atoms with Crippen molar-refractivity contribution in [1.82, 2.24) is 10.4 Å². The monoisotopic (exact) mass is 186 g/mol. The molecule has 0 bridgehead atoms. The topological polar surface area (TPSA) is 35.5 Å². The Morgan fingerprint density at radius 1 is 1.38 bits per heavy atom. The molecule has 3 nitrogen and oxygen atoms in total. The average Bonchev–Trinajstić information content (AvgIpc) is 2.11. The second-order valence-corrected chi connectivity index (χ2v) is 4.25. The van der Waals surface area contributed by atoms with Gasteiger partial charge in [-0.1, -0.05) is 6.42 Å². The fraction of sp³-hybridized carbons (Fsp3) is 1.00. The predicted molar refractivity (Wildman–Crippen MR) is 54.3 cm³/mol. The van der Waals surface area contributed by atoms with Crippen molar-refractivity contribution in [3.05, 3.63) is 0 Å². The molecule has 1 saturated heterocycles. The summed E-state index contributed by atoms with van der Waals surface area (Å²) in [6, 6.07) is 1.36. The zero-order valence-electron chi connectivity index (χ0n) is 8.95. The number of nitrogens with one attached hydrogen (secondary N) is 1. The molecule has 1 heterocycles. The van der Waals surface area contributed by atoms with E-state index in [1.807, 2.05) is 6.92 Å². The third-order valence-corrected chi connectivity index (χ3v) is 2.84. The summed E-state index contributed by atoms with van der Waals surface area (Å²) in [5.74, 6) is 0. The molecule has 3 unspecified atom stereocenters. The van der Waals surface area contributed by atoms with E-state index in [9.17, 15) is 0 Å². The maximum absolute atomic E-state index is 8.95. The van der Waals surface area contributed by atoms with Gasteiger partial charge in [-0.25, -0.2) is 10.4 Å². The number of nitrogens with zero attached hydrogens (tertiary/aromatic N) is 1. The van der Waals surface area contributed by atoms with Crippen molar-refractivity contribution in [2.75, 3.05) is 6.61 Å². The number of rotatable bonds is 3. The minimum Gasteiger partial charge on any atom is -0.395 e. The van der Waals surface area contributed by atoms with E-state index in [1.165, 1.54) is 19.3 Å². The average molecular weight is 186 g/mol. The van der Waals surface area contributed by atoms with Crippen LogP contribution in [-0.2, 0) is 0 Å². The second-order valence-electron chi connectivity index (χ2n) is 4.25. The Morgan fingerprint density at radius 2 is 1.92 bits per heavy atom.